The standard InChI is InChI=1S/C57H98O6/c1-4-7-10-13-16-19-22-25-26-27-28-29-30-33-35-38-41-44-47-50-56(59)62-53-54(63-57(60)51-48-45-42-39-36-32-24-21-18-15-12-9-6-3)52-61-55(58)49-46-43-40-37-34-31-23-20-17-14-11-8-5-2/h7,10,16,19,25-26,28-29,33,35,41,44,54H,4-6,8-9,11-15,17-18,20-24,27,30-32,34,36-40,42-43,45-53H2,1-3H3/t54-/m1/s1. The molecule has 0 aliphatic heterocycles. The summed E-state index contributed by atoms with van der Waals surface area (Å²) in [6.07, 6.45) is 64.7. The number of rotatable bonds is 47. The fraction of sp³-hybridized carbons (Fsp3) is 0.737. The molecule has 6 nitrogen and oxygen atoms in total. The smallest absolute Gasteiger partial charge is 0.306 e. The summed E-state index contributed by atoms with van der Waals surface area (Å²) >= 11 is 0. The molecule has 0 aromatic heterocycles. The van der Waals surface area contributed by atoms with Gasteiger partial charge in [-0.3, -0.25) is 14.4 Å². The maximum absolute atomic E-state index is 12.8. The van der Waals surface area contributed by atoms with Gasteiger partial charge in [0.25, 0.3) is 0 Å². The van der Waals surface area contributed by atoms with E-state index in [4.69, 9.17) is 14.2 Å². The zero-order valence-corrected chi connectivity index (χ0v) is 41.3. The summed E-state index contributed by atoms with van der Waals surface area (Å²) in [6.45, 7) is 6.47. The van der Waals surface area contributed by atoms with Crippen molar-refractivity contribution in [2.45, 2.75) is 258 Å². The second-order valence-electron chi connectivity index (χ2n) is 17.4. The normalized spacial score (nSPS) is 12.6. The Morgan fingerprint density at radius 3 is 0.968 bits per heavy atom. The van der Waals surface area contributed by atoms with Crippen molar-refractivity contribution in [3.05, 3.63) is 72.9 Å². The summed E-state index contributed by atoms with van der Waals surface area (Å²) in [5, 5.41) is 0. The van der Waals surface area contributed by atoms with E-state index < -0.39 is 6.10 Å². The third-order valence-electron chi connectivity index (χ3n) is 11.2. The molecule has 63 heavy (non-hydrogen) atoms. The Hall–Kier alpha value is -3.15. The van der Waals surface area contributed by atoms with Crippen molar-refractivity contribution in [2.24, 2.45) is 0 Å². The first-order valence-corrected chi connectivity index (χ1v) is 26.4. The Balaban J connectivity index is 4.47. The zero-order valence-electron chi connectivity index (χ0n) is 41.3. The Morgan fingerprint density at radius 1 is 0.333 bits per heavy atom. The molecule has 362 valence electrons. The number of hydrogen-bond acceptors (Lipinski definition) is 6. The number of ether oxygens (including phenoxy) is 3. The van der Waals surface area contributed by atoms with Crippen LogP contribution in [0, 0.1) is 0 Å². The van der Waals surface area contributed by atoms with Gasteiger partial charge in [-0.05, 0) is 57.8 Å². The van der Waals surface area contributed by atoms with Crippen LogP contribution in [0.2, 0.25) is 0 Å². The summed E-state index contributed by atoms with van der Waals surface area (Å²) in [5.74, 6) is -0.977. The Labute approximate surface area is 389 Å². The van der Waals surface area contributed by atoms with Crippen LogP contribution in [0.15, 0.2) is 72.9 Å². The van der Waals surface area contributed by atoms with Gasteiger partial charge in [0.1, 0.15) is 13.2 Å². The molecule has 0 spiro atoms. The van der Waals surface area contributed by atoms with Gasteiger partial charge < -0.3 is 14.2 Å². The highest BCUT2D eigenvalue weighted by Crippen LogP contribution is 2.15. The molecule has 0 aromatic carbocycles. The minimum Gasteiger partial charge on any atom is -0.462 e. The highest BCUT2D eigenvalue weighted by molar-refractivity contribution is 5.71. The van der Waals surface area contributed by atoms with Crippen molar-refractivity contribution in [3.63, 3.8) is 0 Å². The molecular weight excluding hydrogens is 781 g/mol. The molecule has 0 fully saturated rings. The van der Waals surface area contributed by atoms with Crippen molar-refractivity contribution < 1.29 is 28.6 Å². The van der Waals surface area contributed by atoms with Crippen LogP contribution >= 0.6 is 0 Å². The average Bonchev–Trinajstić information content (AvgIpc) is 3.28. The largest absolute Gasteiger partial charge is 0.462 e. The maximum Gasteiger partial charge on any atom is 0.306 e. The Bertz CT molecular complexity index is 1190. The first kappa shape index (κ1) is 59.9. The molecule has 0 unspecified atom stereocenters. The highest BCUT2D eigenvalue weighted by atomic mass is 16.6. The van der Waals surface area contributed by atoms with E-state index in [2.05, 4.69) is 87.6 Å². The first-order chi connectivity index (χ1) is 31.0. The molecule has 0 rings (SSSR count). The van der Waals surface area contributed by atoms with Crippen LogP contribution in [0.3, 0.4) is 0 Å². The van der Waals surface area contributed by atoms with E-state index in [1.165, 1.54) is 128 Å². The van der Waals surface area contributed by atoms with Gasteiger partial charge in [-0.25, -0.2) is 0 Å². The molecule has 0 aromatic rings. The Kier molecular flexibility index (Phi) is 48.9. The van der Waals surface area contributed by atoms with Crippen LogP contribution < -0.4 is 0 Å². The van der Waals surface area contributed by atoms with Crippen molar-refractivity contribution in [1.82, 2.24) is 0 Å². The van der Waals surface area contributed by atoms with Gasteiger partial charge in [0.15, 0.2) is 6.10 Å². The van der Waals surface area contributed by atoms with Gasteiger partial charge in [0, 0.05) is 19.3 Å². The first-order valence-electron chi connectivity index (χ1n) is 26.4. The van der Waals surface area contributed by atoms with E-state index >= 15 is 0 Å². The fourth-order valence-electron chi connectivity index (χ4n) is 7.29. The fourth-order valence-corrected chi connectivity index (χ4v) is 7.29. The van der Waals surface area contributed by atoms with Crippen molar-refractivity contribution in [2.75, 3.05) is 13.2 Å². The summed E-state index contributed by atoms with van der Waals surface area (Å²) in [5.41, 5.74) is 0. The minimum atomic E-state index is -0.801. The number of esters is 3. The molecule has 0 saturated heterocycles. The highest BCUT2D eigenvalue weighted by Gasteiger charge is 2.19. The van der Waals surface area contributed by atoms with E-state index in [0.29, 0.717) is 19.3 Å². The molecule has 0 aliphatic rings. The van der Waals surface area contributed by atoms with Crippen LogP contribution in [-0.2, 0) is 28.6 Å². The summed E-state index contributed by atoms with van der Waals surface area (Å²) in [6, 6.07) is 0. The second kappa shape index (κ2) is 51.5. The molecule has 0 aliphatic carbocycles. The topological polar surface area (TPSA) is 78.9 Å². The summed E-state index contributed by atoms with van der Waals surface area (Å²) in [7, 11) is 0. The van der Waals surface area contributed by atoms with Crippen LogP contribution in [0.25, 0.3) is 0 Å². The van der Waals surface area contributed by atoms with Crippen LogP contribution in [-0.4, -0.2) is 37.2 Å². The Morgan fingerprint density at radius 2 is 0.619 bits per heavy atom. The third-order valence-corrected chi connectivity index (χ3v) is 11.2. The van der Waals surface area contributed by atoms with Gasteiger partial charge in [-0.1, -0.05) is 248 Å². The lowest BCUT2D eigenvalue weighted by molar-refractivity contribution is -0.166. The van der Waals surface area contributed by atoms with Gasteiger partial charge in [0.05, 0.1) is 0 Å². The number of unbranched alkanes of at least 4 members (excludes halogenated alkanes) is 24. The van der Waals surface area contributed by atoms with Gasteiger partial charge in [-0.2, -0.15) is 0 Å². The number of hydrogen-bond donors (Lipinski definition) is 0. The lowest BCUT2D eigenvalue weighted by atomic mass is 10.0. The predicted octanol–water partition coefficient (Wildman–Crippen LogP) is 17.4. The van der Waals surface area contributed by atoms with E-state index in [9.17, 15) is 14.4 Å². The van der Waals surface area contributed by atoms with Gasteiger partial charge >= 0.3 is 17.9 Å². The van der Waals surface area contributed by atoms with Crippen molar-refractivity contribution >= 4 is 17.9 Å². The molecule has 0 heterocycles. The number of allylic oxidation sites excluding steroid dienone is 12. The zero-order chi connectivity index (χ0) is 45.8. The molecular formula is C57H98O6. The number of carbonyl (C=O) groups excluding carboxylic acids is 3. The minimum absolute atomic E-state index is 0.0952. The van der Waals surface area contributed by atoms with Crippen LogP contribution in [0.4, 0.5) is 0 Å². The van der Waals surface area contributed by atoms with E-state index in [-0.39, 0.29) is 37.5 Å². The van der Waals surface area contributed by atoms with E-state index in [1.807, 2.05) is 6.08 Å². The monoisotopic (exact) mass is 879 g/mol. The molecule has 6 heteroatoms. The third kappa shape index (κ3) is 49.7. The van der Waals surface area contributed by atoms with E-state index in [1.54, 1.807) is 0 Å². The maximum atomic E-state index is 12.8. The molecule has 0 amide bonds. The second-order valence-corrected chi connectivity index (χ2v) is 17.4. The van der Waals surface area contributed by atoms with Gasteiger partial charge in [-0.15, -0.1) is 0 Å². The van der Waals surface area contributed by atoms with Crippen LogP contribution in [0.5, 0.6) is 0 Å². The molecule has 0 bridgehead atoms. The molecule has 0 radical (unpaired) electrons. The summed E-state index contributed by atoms with van der Waals surface area (Å²) in [4.78, 5) is 37.9. The lowest BCUT2D eigenvalue weighted by Crippen LogP contribution is -2.30. The lowest BCUT2D eigenvalue weighted by Gasteiger charge is -2.18. The number of carbonyl (C=O) groups is 3. The molecule has 1 atom stereocenters. The van der Waals surface area contributed by atoms with Crippen LogP contribution in [0.1, 0.15) is 252 Å². The average molecular weight is 879 g/mol. The quantitative estimate of drug-likeness (QED) is 0.0262. The molecule has 0 saturated carbocycles. The SMILES string of the molecule is CCC=CCC=CCC=CCC=CCC=CCC=CCCC(=O)OC[C@@H](COC(=O)CCCCCCCCCCCCCCC)OC(=O)CCCCCCCCCCCCCCC. The summed E-state index contributed by atoms with van der Waals surface area (Å²) < 4.78 is 16.7. The van der Waals surface area contributed by atoms with Crippen molar-refractivity contribution in [3.8, 4) is 0 Å². The van der Waals surface area contributed by atoms with Crippen molar-refractivity contribution in [1.29, 1.82) is 0 Å². The van der Waals surface area contributed by atoms with Gasteiger partial charge in [0.2, 0.25) is 0 Å². The molecule has 0 N–H and O–H groups in total. The van der Waals surface area contributed by atoms with E-state index in [0.717, 1.165) is 77.0 Å². The predicted molar refractivity (Wildman–Crippen MR) is 270 cm³/mol.